The van der Waals surface area contributed by atoms with Crippen LogP contribution >= 0.6 is 0 Å². The van der Waals surface area contributed by atoms with E-state index >= 15 is 0 Å². The van der Waals surface area contributed by atoms with Gasteiger partial charge in [-0.15, -0.1) is 0 Å². The van der Waals surface area contributed by atoms with Gasteiger partial charge in [0.05, 0.1) is 30.3 Å². The van der Waals surface area contributed by atoms with Gasteiger partial charge in [0, 0.05) is 6.54 Å². The molecule has 0 spiro atoms. The molecule has 0 saturated heterocycles. The monoisotopic (exact) mass is 265 g/mol. The molecule has 0 atom stereocenters. The number of H-pyrrole nitrogens is 2. The van der Waals surface area contributed by atoms with Gasteiger partial charge in [-0.3, -0.25) is 4.90 Å². The van der Waals surface area contributed by atoms with Gasteiger partial charge in [-0.05, 0) is 31.2 Å². The molecule has 19 heavy (non-hydrogen) atoms. The summed E-state index contributed by atoms with van der Waals surface area (Å²) in [7, 11) is 1.87. The lowest BCUT2D eigenvalue weighted by Gasteiger charge is -2.24. The SMILES string of the molecule is CN(CCc1ccc2[nH]c(=O)[nH]c2c1)C(CO)CO. The van der Waals surface area contributed by atoms with Crippen LogP contribution in [0.15, 0.2) is 23.0 Å². The van der Waals surface area contributed by atoms with E-state index in [1.807, 2.05) is 30.1 Å². The van der Waals surface area contributed by atoms with Crippen molar-refractivity contribution >= 4 is 11.0 Å². The number of hydrogen-bond donors (Lipinski definition) is 4. The van der Waals surface area contributed by atoms with Crippen molar-refractivity contribution in [3.8, 4) is 0 Å². The quantitative estimate of drug-likeness (QED) is 0.576. The lowest BCUT2D eigenvalue weighted by atomic mass is 10.1. The Balaban J connectivity index is 2.03. The molecule has 6 heteroatoms. The molecule has 0 unspecified atom stereocenters. The highest BCUT2D eigenvalue weighted by molar-refractivity contribution is 5.74. The maximum atomic E-state index is 11.2. The van der Waals surface area contributed by atoms with E-state index in [1.54, 1.807) is 0 Å². The van der Waals surface area contributed by atoms with E-state index in [0.717, 1.165) is 29.6 Å². The van der Waals surface area contributed by atoms with Crippen molar-refractivity contribution in [3.63, 3.8) is 0 Å². The van der Waals surface area contributed by atoms with E-state index < -0.39 is 0 Å². The van der Waals surface area contributed by atoms with Crippen LogP contribution in [0.4, 0.5) is 0 Å². The summed E-state index contributed by atoms with van der Waals surface area (Å²) in [5.74, 6) is 0. The first-order valence-corrected chi connectivity index (χ1v) is 6.27. The molecule has 0 aliphatic carbocycles. The lowest BCUT2D eigenvalue weighted by molar-refractivity contribution is 0.0925. The molecule has 4 N–H and O–H groups in total. The zero-order valence-corrected chi connectivity index (χ0v) is 10.9. The molecule has 6 nitrogen and oxygen atoms in total. The molecule has 1 aromatic heterocycles. The zero-order chi connectivity index (χ0) is 13.8. The Hall–Kier alpha value is -1.63. The smallest absolute Gasteiger partial charge is 0.323 e. The van der Waals surface area contributed by atoms with Crippen molar-refractivity contribution in [1.82, 2.24) is 14.9 Å². The number of aliphatic hydroxyl groups excluding tert-OH is 2. The molecule has 2 aromatic rings. The summed E-state index contributed by atoms with van der Waals surface area (Å²) >= 11 is 0. The average molecular weight is 265 g/mol. The Kier molecular flexibility index (Phi) is 4.36. The Bertz CT molecular complexity index is 586. The van der Waals surface area contributed by atoms with Gasteiger partial charge in [-0.2, -0.15) is 0 Å². The summed E-state index contributed by atoms with van der Waals surface area (Å²) in [5.41, 5.74) is 2.49. The Morgan fingerprint density at radius 2 is 1.89 bits per heavy atom. The van der Waals surface area contributed by atoms with Crippen LogP contribution in [0.1, 0.15) is 5.56 Å². The van der Waals surface area contributed by atoms with E-state index in [0.29, 0.717) is 0 Å². The van der Waals surface area contributed by atoms with E-state index in [-0.39, 0.29) is 24.9 Å². The van der Waals surface area contributed by atoms with Crippen LogP contribution in [0.3, 0.4) is 0 Å². The molecule has 0 aliphatic heterocycles. The number of benzene rings is 1. The standard InChI is InChI=1S/C13H19N3O3/c1-16(10(7-17)8-18)5-4-9-2-3-11-12(6-9)15-13(19)14-11/h2-3,6,10,17-18H,4-5,7-8H2,1H3,(H2,14,15,19). The number of fused-ring (bicyclic) bond motifs is 1. The van der Waals surface area contributed by atoms with Gasteiger partial charge in [0.15, 0.2) is 0 Å². The largest absolute Gasteiger partial charge is 0.395 e. The van der Waals surface area contributed by atoms with Crippen LogP contribution in [-0.2, 0) is 6.42 Å². The van der Waals surface area contributed by atoms with Crippen LogP contribution in [-0.4, -0.2) is 57.9 Å². The molecule has 1 aromatic carbocycles. The summed E-state index contributed by atoms with van der Waals surface area (Å²) in [6.07, 6.45) is 0.788. The zero-order valence-electron chi connectivity index (χ0n) is 10.9. The van der Waals surface area contributed by atoms with Crippen molar-refractivity contribution in [2.45, 2.75) is 12.5 Å². The molecule has 0 aliphatic rings. The fourth-order valence-corrected chi connectivity index (χ4v) is 2.06. The number of hydrogen-bond acceptors (Lipinski definition) is 4. The highest BCUT2D eigenvalue weighted by Gasteiger charge is 2.12. The first-order chi connectivity index (χ1) is 9.13. The maximum absolute atomic E-state index is 11.2. The van der Waals surface area contributed by atoms with E-state index in [4.69, 9.17) is 10.2 Å². The molecular formula is C13H19N3O3. The first kappa shape index (κ1) is 13.8. The molecule has 0 radical (unpaired) electrons. The average Bonchev–Trinajstić information content (AvgIpc) is 2.77. The number of aromatic amines is 2. The minimum absolute atomic E-state index is 0.0584. The summed E-state index contributed by atoms with van der Waals surface area (Å²) in [6.45, 7) is 0.611. The third-order valence-electron chi connectivity index (χ3n) is 3.38. The van der Waals surface area contributed by atoms with Crippen LogP contribution in [0.2, 0.25) is 0 Å². The third kappa shape index (κ3) is 3.23. The van der Waals surface area contributed by atoms with Gasteiger partial charge in [-0.25, -0.2) is 4.79 Å². The first-order valence-electron chi connectivity index (χ1n) is 6.27. The number of likely N-dealkylation sites (N-methyl/N-ethyl adjacent to an activating group) is 1. The summed E-state index contributed by atoms with van der Waals surface area (Å²) in [6, 6.07) is 5.55. The molecule has 0 bridgehead atoms. The number of aliphatic hydroxyl groups is 2. The second-order valence-corrected chi connectivity index (χ2v) is 4.71. The molecule has 0 saturated carbocycles. The van der Waals surface area contributed by atoms with Crippen molar-refractivity contribution in [3.05, 3.63) is 34.2 Å². The predicted octanol–water partition coefficient (Wildman–Crippen LogP) is -0.316. The number of nitrogens with zero attached hydrogens (tertiary/aromatic N) is 1. The Morgan fingerprint density at radius 1 is 1.21 bits per heavy atom. The number of nitrogens with one attached hydrogen (secondary N) is 2. The van der Waals surface area contributed by atoms with Crippen molar-refractivity contribution in [1.29, 1.82) is 0 Å². The minimum Gasteiger partial charge on any atom is -0.395 e. The van der Waals surface area contributed by atoms with Gasteiger partial charge in [0.1, 0.15) is 0 Å². The summed E-state index contributed by atoms with van der Waals surface area (Å²) < 4.78 is 0. The molecular weight excluding hydrogens is 246 g/mol. The van der Waals surface area contributed by atoms with Crippen molar-refractivity contribution < 1.29 is 10.2 Å². The highest BCUT2D eigenvalue weighted by atomic mass is 16.3. The van der Waals surface area contributed by atoms with Gasteiger partial charge in [0.2, 0.25) is 0 Å². The topological polar surface area (TPSA) is 92.4 Å². The number of imidazole rings is 1. The molecule has 1 heterocycles. The van der Waals surface area contributed by atoms with E-state index in [2.05, 4.69) is 9.97 Å². The number of rotatable bonds is 6. The molecule has 2 rings (SSSR count). The predicted molar refractivity (Wildman–Crippen MR) is 73.2 cm³/mol. The minimum atomic E-state index is -0.226. The number of aromatic nitrogens is 2. The fraction of sp³-hybridized carbons (Fsp3) is 0.462. The van der Waals surface area contributed by atoms with Crippen LogP contribution < -0.4 is 5.69 Å². The molecule has 0 fully saturated rings. The summed E-state index contributed by atoms with van der Waals surface area (Å²) in [4.78, 5) is 18.5. The van der Waals surface area contributed by atoms with Gasteiger partial charge < -0.3 is 20.2 Å². The lowest BCUT2D eigenvalue weighted by Crippen LogP contribution is -2.38. The highest BCUT2D eigenvalue weighted by Crippen LogP contribution is 2.11. The second-order valence-electron chi connectivity index (χ2n) is 4.71. The maximum Gasteiger partial charge on any atom is 0.323 e. The van der Waals surface area contributed by atoms with Crippen LogP contribution in [0.25, 0.3) is 11.0 Å². The Labute approximate surface area is 110 Å². The third-order valence-corrected chi connectivity index (χ3v) is 3.38. The van der Waals surface area contributed by atoms with Crippen molar-refractivity contribution in [2.24, 2.45) is 0 Å². The van der Waals surface area contributed by atoms with Crippen molar-refractivity contribution in [2.75, 3.05) is 26.8 Å². The van der Waals surface area contributed by atoms with E-state index in [9.17, 15) is 4.79 Å². The second kappa shape index (κ2) is 6.01. The molecule has 104 valence electrons. The van der Waals surface area contributed by atoms with Gasteiger partial charge in [-0.1, -0.05) is 6.07 Å². The molecule has 0 amide bonds. The van der Waals surface area contributed by atoms with Gasteiger partial charge in [0.25, 0.3) is 0 Å². The van der Waals surface area contributed by atoms with Crippen LogP contribution in [0.5, 0.6) is 0 Å². The Morgan fingerprint density at radius 3 is 2.58 bits per heavy atom. The van der Waals surface area contributed by atoms with Gasteiger partial charge >= 0.3 is 5.69 Å². The normalized spacial score (nSPS) is 11.8. The van der Waals surface area contributed by atoms with E-state index in [1.165, 1.54) is 0 Å². The van der Waals surface area contributed by atoms with Crippen LogP contribution in [0, 0.1) is 0 Å². The fourth-order valence-electron chi connectivity index (χ4n) is 2.06. The summed E-state index contributed by atoms with van der Waals surface area (Å²) in [5, 5.41) is 18.2.